The number of aromatic nitrogens is 2. The lowest BCUT2D eigenvalue weighted by molar-refractivity contribution is 0.0730. The highest BCUT2D eigenvalue weighted by Crippen LogP contribution is 2.45. The largest absolute Gasteiger partial charge is 0.507 e. The summed E-state index contributed by atoms with van der Waals surface area (Å²) in [6, 6.07) is 19.9. The Bertz CT molecular complexity index is 1430. The molecule has 0 spiro atoms. The number of rotatable bonds is 11. The quantitative estimate of drug-likeness (QED) is 0.195. The minimum Gasteiger partial charge on any atom is -0.507 e. The second kappa shape index (κ2) is 11.8. The number of aromatic amines is 1. The predicted octanol–water partition coefficient (Wildman–Crippen LogP) is 7.15. The smallest absolute Gasteiger partial charge is 0.273 e. The third-order valence-electron chi connectivity index (χ3n) is 7.05. The Hall–Kier alpha value is -3.97. The Morgan fingerprint density at radius 3 is 2.46 bits per heavy atom. The summed E-state index contributed by atoms with van der Waals surface area (Å²) in [6.07, 6.45) is 4.57. The number of unbranched alkanes of at least 4 members (excludes halogenated alkanes) is 3. The lowest BCUT2D eigenvalue weighted by Gasteiger charge is -2.27. The van der Waals surface area contributed by atoms with Gasteiger partial charge in [0.25, 0.3) is 5.91 Å². The number of benzene rings is 3. The third kappa shape index (κ3) is 5.59. The van der Waals surface area contributed by atoms with E-state index in [1.807, 2.05) is 53.4 Å². The van der Waals surface area contributed by atoms with E-state index in [1.165, 1.54) is 18.9 Å². The molecule has 1 aliphatic rings. The number of hydrogen-bond acceptors (Lipinski definition) is 5. The monoisotopic (exact) mass is 545 g/mol. The van der Waals surface area contributed by atoms with E-state index in [0.29, 0.717) is 40.7 Å². The highest BCUT2D eigenvalue weighted by molar-refractivity contribution is 6.31. The summed E-state index contributed by atoms with van der Waals surface area (Å²) in [7, 11) is 1.62. The van der Waals surface area contributed by atoms with Crippen LogP contribution in [0.15, 0.2) is 66.7 Å². The Kier molecular flexibility index (Phi) is 8.07. The number of halogens is 1. The van der Waals surface area contributed by atoms with Crippen LogP contribution in [0.1, 0.15) is 65.8 Å². The van der Waals surface area contributed by atoms with Crippen LogP contribution >= 0.6 is 11.6 Å². The van der Waals surface area contributed by atoms with E-state index in [1.54, 1.807) is 19.2 Å². The summed E-state index contributed by atoms with van der Waals surface area (Å²) in [5, 5.41) is 18.5. The molecule has 0 bridgehead atoms. The van der Waals surface area contributed by atoms with Crippen molar-refractivity contribution in [2.45, 2.75) is 45.2 Å². The second-order valence-electron chi connectivity index (χ2n) is 9.68. The summed E-state index contributed by atoms with van der Waals surface area (Å²) in [4.78, 5) is 15.5. The average Bonchev–Trinajstić information content (AvgIpc) is 3.49. The molecule has 1 atom stereocenters. The van der Waals surface area contributed by atoms with E-state index in [0.717, 1.165) is 35.5 Å². The molecular formula is C31H32ClN3O4. The molecule has 7 nitrogen and oxygen atoms in total. The number of amides is 1. The van der Waals surface area contributed by atoms with Gasteiger partial charge in [-0.3, -0.25) is 9.89 Å². The van der Waals surface area contributed by atoms with Crippen molar-refractivity contribution in [1.82, 2.24) is 15.1 Å². The minimum absolute atomic E-state index is 0.0420. The maximum Gasteiger partial charge on any atom is 0.273 e. The standard InChI is InChI=1S/C31H32ClN3O4/c1-3-4-5-6-17-39-24-14-9-21(10-15-24)30-27-28(25-18-22(32)11-16-26(25)36)33-34-29(27)31(37)35(30)19-20-7-12-23(38-2)13-8-20/h7-16,18,30,36H,3-6,17,19H2,1-2H3,(H,33,34). The molecule has 1 aliphatic heterocycles. The van der Waals surface area contributed by atoms with Gasteiger partial charge in [-0.1, -0.05) is 62.1 Å². The molecule has 0 radical (unpaired) electrons. The van der Waals surface area contributed by atoms with Gasteiger partial charge in [0.2, 0.25) is 0 Å². The fourth-order valence-electron chi connectivity index (χ4n) is 5.00. The number of aromatic hydroxyl groups is 1. The molecule has 1 aromatic heterocycles. The van der Waals surface area contributed by atoms with Crippen molar-refractivity contribution in [3.8, 4) is 28.5 Å². The average molecular weight is 546 g/mol. The molecule has 0 aliphatic carbocycles. The Morgan fingerprint density at radius 1 is 1.00 bits per heavy atom. The van der Waals surface area contributed by atoms with Crippen molar-refractivity contribution in [1.29, 1.82) is 0 Å². The van der Waals surface area contributed by atoms with Crippen LogP contribution in [0.3, 0.4) is 0 Å². The van der Waals surface area contributed by atoms with Crippen molar-refractivity contribution < 1.29 is 19.4 Å². The maximum absolute atomic E-state index is 13.7. The number of phenols is 1. The van der Waals surface area contributed by atoms with Gasteiger partial charge < -0.3 is 19.5 Å². The van der Waals surface area contributed by atoms with Crippen molar-refractivity contribution in [2.75, 3.05) is 13.7 Å². The molecule has 39 heavy (non-hydrogen) atoms. The first-order chi connectivity index (χ1) is 19.0. The number of methoxy groups -OCH3 is 1. The van der Waals surface area contributed by atoms with Crippen LogP contribution in [0.4, 0.5) is 0 Å². The fourth-order valence-corrected chi connectivity index (χ4v) is 5.17. The van der Waals surface area contributed by atoms with Gasteiger partial charge in [0.1, 0.15) is 28.6 Å². The van der Waals surface area contributed by atoms with Crippen LogP contribution < -0.4 is 9.47 Å². The van der Waals surface area contributed by atoms with Gasteiger partial charge in [0, 0.05) is 22.7 Å². The zero-order chi connectivity index (χ0) is 27.4. The van der Waals surface area contributed by atoms with Gasteiger partial charge in [-0.2, -0.15) is 5.10 Å². The van der Waals surface area contributed by atoms with Crippen LogP contribution in [-0.4, -0.2) is 39.8 Å². The number of phenolic OH excluding ortho intramolecular Hbond substituents is 1. The molecular weight excluding hydrogens is 514 g/mol. The zero-order valence-electron chi connectivity index (χ0n) is 22.1. The van der Waals surface area contributed by atoms with E-state index in [4.69, 9.17) is 21.1 Å². The highest BCUT2D eigenvalue weighted by atomic mass is 35.5. The second-order valence-corrected chi connectivity index (χ2v) is 10.1. The normalized spacial score (nSPS) is 14.5. The topological polar surface area (TPSA) is 87.7 Å². The first kappa shape index (κ1) is 26.6. The first-order valence-corrected chi connectivity index (χ1v) is 13.6. The number of nitrogens with zero attached hydrogens (tertiary/aromatic N) is 2. The Morgan fingerprint density at radius 2 is 1.74 bits per heavy atom. The van der Waals surface area contributed by atoms with Gasteiger partial charge in [-0.05, 0) is 60.0 Å². The lowest BCUT2D eigenvalue weighted by atomic mass is 9.95. The van der Waals surface area contributed by atoms with Gasteiger partial charge in [0.05, 0.1) is 19.8 Å². The SMILES string of the molecule is CCCCCCOc1ccc(C2c3c(-c4cc(Cl)ccc4O)n[nH]c3C(=O)N2Cc2ccc(OC)cc2)cc1. The maximum atomic E-state index is 13.7. The van der Waals surface area contributed by atoms with Crippen LogP contribution in [-0.2, 0) is 6.54 Å². The number of hydrogen-bond donors (Lipinski definition) is 2. The van der Waals surface area contributed by atoms with E-state index < -0.39 is 6.04 Å². The molecule has 2 heterocycles. The predicted molar refractivity (Wildman–Crippen MR) is 151 cm³/mol. The Labute approximate surface area is 233 Å². The van der Waals surface area contributed by atoms with E-state index in [9.17, 15) is 9.90 Å². The van der Waals surface area contributed by atoms with Gasteiger partial charge >= 0.3 is 0 Å². The van der Waals surface area contributed by atoms with E-state index in [2.05, 4.69) is 17.1 Å². The lowest BCUT2D eigenvalue weighted by Crippen LogP contribution is -2.29. The molecule has 1 unspecified atom stereocenters. The number of H-pyrrole nitrogens is 1. The fraction of sp³-hybridized carbons (Fsp3) is 0.290. The number of fused-ring (bicyclic) bond motifs is 1. The molecule has 4 aromatic rings. The van der Waals surface area contributed by atoms with Gasteiger partial charge in [-0.15, -0.1) is 0 Å². The Balaban J connectivity index is 1.50. The van der Waals surface area contributed by atoms with Crippen molar-refractivity contribution in [3.63, 3.8) is 0 Å². The van der Waals surface area contributed by atoms with Gasteiger partial charge in [0.15, 0.2) is 0 Å². The van der Waals surface area contributed by atoms with Crippen LogP contribution in [0.2, 0.25) is 5.02 Å². The van der Waals surface area contributed by atoms with Crippen LogP contribution in [0, 0.1) is 0 Å². The zero-order valence-corrected chi connectivity index (χ0v) is 22.9. The van der Waals surface area contributed by atoms with Crippen LogP contribution in [0.5, 0.6) is 17.2 Å². The summed E-state index contributed by atoms with van der Waals surface area (Å²) < 4.78 is 11.2. The molecule has 3 aromatic carbocycles. The summed E-state index contributed by atoms with van der Waals surface area (Å²) in [6.45, 7) is 3.25. The molecule has 2 N–H and O–H groups in total. The molecule has 0 saturated heterocycles. The summed E-state index contributed by atoms with van der Waals surface area (Å²) >= 11 is 6.26. The molecule has 202 valence electrons. The number of nitrogens with one attached hydrogen (secondary N) is 1. The van der Waals surface area contributed by atoms with E-state index >= 15 is 0 Å². The number of carbonyl (C=O) groups excluding carboxylic acids is 1. The third-order valence-corrected chi connectivity index (χ3v) is 7.29. The summed E-state index contributed by atoms with van der Waals surface area (Å²) in [5.41, 5.74) is 3.95. The van der Waals surface area contributed by atoms with E-state index in [-0.39, 0.29) is 11.7 Å². The van der Waals surface area contributed by atoms with Gasteiger partial charge in [-0.25, -0.2) is 0 Å². The van der Waals surface area contributed by atoms with Crippen molar-refractivity contribution in [2.24, 2.45) is 0 Å². The highest BCUT2D eigenvalue weighted by Gasteiger charge is 2.42. The molecule has 8 heteroatoms. The molecule has 5 rings (SSSR count). The molecule has 1 amide bonds. The summed E-state index contributed by atoms with van der Waals surface area (Å²) in [5.74, 6) is 1.42. The number of ether oxygens (including phenoxy) is 2. The number of carbonyl (C=O) groups is 1. The minimum atomic E-state index is -0.430. The molecule has 0 fully saturated rings. The first-order valence-electron chi connectivity index (χ1n) is 13.2. The van der Waals surface area contributed by atoms with Crippen LogP contribution in [0.25, 0.3) is 11.3 Å². The van der Waals surface area contributed by atoms with Crippen molar-refractivity contribution in [3.05, 3.63) is 94.1 Å². The molecule has 0 saturated carbocycles. The van der Waals surface area contributed by atoms with Crippen molar-refractivity contribution >= 4 is 17.5 Å².